The molecule has 0 aliphatic carbocycles. The second kappa shape index (κ2) is 3.74. The molecule has 1 aromatic carbocycles. The molecule has 3 nitrogen and oxygen atoms in total. The highest BCUT2D eigenvalue weighted by molar-refractivity contribution is 6.31. The third-order valence-electron chi connectivity index (χ3n) is 2.64. The average molecular weight is 224 g/mol. The summed E-state index contributed by atoms with van der Waals surface area (Å²) < 4.78 is 0. The molecule has 1 aliphatic heterocycles. The van der Waals surface area contributed by atoms with Crippen molar-refractivity contribution in [3.8, 4) is 0 Å². The topological polar surface area (TPSA) is 41.6 Å². The smallest absolute Gasteiger partial charge is 0.124 e. The summed E-state index contributed by atoms with van der Waals surface area (Å²) in [7, 11) is 0. The standard InChI is InChI=1S/C11H14ClN3/c1-7-3-4-9(5-10(7)12)15-6-8(2)11(13)14-15/h3-5,8H,6H2,1-2H3,(H2,13,14). The molecule has 0 bridgehead atoms. The Morgan fingerprint density at radius 3 is 2.80 bits per heavy atom. The quantitative estimate of drug-likeness (QED) is 0.794. The lowest BCUT2D eigenvalue weighted by molar-refractivity contribution is 0.773. The first kappa shape index (κ1) is 10.3. The van der Waals surface area contributed by atoms with Gasteiger partial charge in [0.25, 0.3) is 0 Å². The number of hydrogen-bond donors (Lipinski definition) is 1. The van der Waals surface area contributed by atoms with E-state index in [1.54, 1.807) is 0 Å². The van der Waals surface area contributed by atoms with Gasteiger partial charge in [-0.05, 0) is 24.6 Å². The van der Waals surface area contributed by atoms with Crippen molar-refractivity contribution < 1.29 is 0 Å². The maximum Gasteiger partial charge on any atom is 0.124 e. The second-order valence-electron chi connectivity index (χ2n) is 3.94. The summed E-state index contributed by atoms with van der Waals surface area (Å²) in [4.78, 5) is 0. The lowest BCUT2D eigenvalue weighted by atomic mass is 10.1. The van der Waals surface area contributed by atoms with Gasteiger partial charge in [0.2, 0.25) is 0 Å². The van der Waals surface area contributed by atoms with Crippen LogP contribution in [0.2, 0.25) is 5.02 Å². The summed E-state index contributed by atoms with van der Waals surface area (Å²) >= 11 is 6.06. The highest BCUT2D eigenvalue weighted by Crippen LogP contribution is 2.26. The van der Waals surface area contributed by atoms with E-state index in [-0.39, 0.29) is 0 Å². The number of halogens is 1. The van der Waals surface area contributed by atoms with Crippen molar-refractivity contribution >= 4 is 23.1 Å². The minimum absolute atomic E-state index is 0.310. The van der Waals surface area contributed by atoms with Gasteiger partial charge in [0.15, 0.2) is 0 Å². The molecular weight excluding hydrogens is 210 g/mol. The van der Waals surface area contributed by atoms with Crippen molar-refractivity contribution in [2.75, 3.05) is 11.6 Å². The van der Waals surface area contributed by atoms with E-state index in [2.05, 4.69) is 12.0 Å². The number of rotatable bonds is 1. The number of nitrogens with two attached hydrogens (primary N) is 1. The highest BCUT2D eigenvalue weighted by Gasteiger charge is 2.21. The largest absolute Gasteiger partial charge is 0.385 e. The molecule has 2 N–H and O–H groups in total. The number of hydrogen-bond acceptors (Lipinski definition) is 3. The van der Waals surface area contributed by atoms with Crippen LogP contribution in [0.4, 0.5) is 5.69 Å². The zero-order chi connectivity index (χ0) is 11.0. The third kappa shape index (κ3) is 1.92. The summed E-state index contributed by atoms with van der Waals surface area (Å²) in [5.74, 6) is 0.997. The molecule has 0 radical (unpaired) electrons. The van der Waals surface area contributed by atoms with Crippen LogP contribution in [0.5, 0.6) is 0 Å². The third-order valence-corrected chi connectivity index (χ3v) is 3.05. The van der Waals surface area contributed by atoms with E-state index in [0.29, 0.717) is 11.8 Å². The van der Waals surface area contributed by atoms with E-state index < -0.39 is 0 Å². The molecule has 0 fully saturated rings. The summed E-state index contributed by atoms with van der Waals surface area (Å²) in [5.41, 5.74) is 7.82. The van der Waals surface area contributed by atoms with E-state index in [1.165, 1.54) is 0 Å². The fourth-order valence-electron chi connectivity index (χ4n) is 1.54. The van der Waals surface area contributed by atoms with Crippen LogP contribution >= 0.6 is 11.6 Å². The zero-order valence-corrected chi connectivity index (χ0v) is 9.62. The van der Waals surface area contributed by atoms with Crippen molar-refractivity contribution in [2.45, 2.75) is 13.8 Å². The molecule has 0 saturated heterocycles. The molecular formula is C11H14ClN3. The number of amidine groups is 1. The molecule has 0 saturated carbocycles. The normalized spacial score (nSPS) is 20.6. The van der Waals surface area contributed by atoms with E-state index in [0.717, 1.165) is 22.8 Å². The van der Waals surface area contributed by atoms with Gasteiger partial charge in [-0.3, -0.25) is 5.01 Å². The van der Waals surface area contributed by atoms with Gasteiger partial charge in [-0.1, -0.05) is 24.6 Å². The molecule has 1 aliphatic rings. The van der Waals surface area contributed by atoms with Crippen LogP contribution < -0.4 is 10.7 Å². The molecule has 1 atom stereocenters. The van der Waals surface area contributed by atoms with Gasteiger partial charge < -0.3 is 5.73 Å². The van der Waals surface area contributed by atoms with Crippen molar-refractivity contribution in [3.63, 3.8) is 0 Å². The Morgan fingerprint density at radius 2 is 2.27 bits per heavy atom. The van der Waals surface area contributed by atoms with Gasteiger partial charge in [0.05, 0.1) is 12.2 Å². The molecule has 2 rings (SSSR count). The Bertz CT molecular complexity index is 414. The number of hydrazone groups is 1. The van der Waals surface area contributed by atoms with Crippen LogP contribution in [0.1, 0.15) is 12.5 Å². The fraction of sp³-hybridized carbons (Fsp3) is 0.364. The van der Waals surface area contributed by atoms with Crippen molar-refractivity contribution in [1.29, 1.82) is 0 Å². The molecule has 0 amide bonds. The Morgan fingerprint density at radius 1 is 1.53 bits per heavy atom. The fourth-order valence-corrected chi connectivity index (χ4v) is 1.71. The Balaban J connectivity index is 2.28. The van der Waals surface area contributed by atoms with Crippen LogP contribution in [0.15, 0.2) is 23.3 Å². The van der Waals surface area contributed by atoms with E-state index >= 15 is 0 Å². The Labute approximate surface area is 94.5 Å². The van der Waals surface area contributed by atoms with Gasteiger partial charge in [-0.2, -0.15) is 5.10 Å². The maximum atomic E-state index is 6.06. The molecule has 1 aromatic rings. The van der Waals surface area contributed by atoms with Crippen molar-refractivity contribution in [3.05, 3.63) is 28.8 Å². The number of anilines is 1. The van der Waals surface area contributed by atoms with Gasteiger partial charge in [0.1, 0.15) is 5.84 Å². The van der Waals surface area contributed by atoms with Crippen LogP contribution in [0.25, 0.3) is 0 Å². The lowest BCUT2D eigenvalue weighted by Crippen LogP contribution is -2.20. The molecule has 15 heavy (non-hydrogen) atoms. The first-order valence-corrected chi connectivity index (χ1v) is 5.33. The minimum atomic E-state index is 0.310. The molecule has 0 spiro atoms. The summed E-state index contributed by atoms with van der Waals surface area (Å²) in [6, 6.07) is 5.92. The predicted octanol–water partition coefficient (Wildman–Crippen LogP) is 2.38. The molecule has 1 heterocycles. The van der Waals surface area contributed by atoms with E-state index in [4.69, 9.17) is 17.3 Å². The van der Waals surface area contributed by atoms with Gasteiger partial charge in [-0.15, -0.1) is 0 Å². The van der Waals surface area contributed by atoms with Crippen LogP contribution in [-0.4, -0.2) is 12.4 Å². The van der Waals surface area contributed by atoms with E-state index in [1.807, 2.05) is 30.1 Å². The van der Waals surface area contributed by atoms with Crippen LogP contribution in [0.3, 0.4) is 0 Å². The summed E-state index contributed by atoms with van der Waals surface area (Å²) in [5, 5.41) is 6.94. The molecule has 4 heteroatoms. The second-order valence-corrected chi connectivity index (χ2v) is 4.35. The van der Waals surface area contributed by atoms with Gasteiger partial charge >= 0.3 is 0 Å². The van der Waals surface area contributed by atoms with Crippen molar-refractivity contribution in [2.24, 2.45) is 16.8 Å². The number of aryl methyl sites for hydroxylation is 1. The number of benzene rings is 1. The average Bonchev–Trinajstić information content (AvgIpc) is 2.52. The van der Waals surface area contributed by atoms with Crippen LogP contribution in [0, 0.1) is 12.8 Å². The van der Waals surface area contributed by atoms with Gasteiger partial charge in [-0.25, -0.2) is 0 Å². The van der Waals surface area contributed by atoms with Crippen molar-refractivity contribution in [1.82, 2.24) is 0 Å². The monoisotopic (exact) mass is 223 g/mol. The first-order valence-electron chi connectivity index (χ1n) is 4.95. The molecule has 80 valence electrons. The SMILES string of the molecule is Cc1ccc(N2CC(C)C(N)=N2)cc1Cl. The highest BCUT2D eigenvalue weighted by atomic mass is 35.5. The molecule has 0 aromatic heterocycles. The lowest BCUT2D eigenvalue weighted by Gasteiger charge is -2.15. The van der Waals surface area contributed by atoms with Crippen LogP contribution in [-0.2, 0) is 0 Å². The minimum Gasteiger partial charge on any atom is -0.385 e. The first-order chi connectivity index (χ1) is 7.08. The number of nitrogens with zero attached hydrogens (tertiary/aromatic N) is 2. The predicted molar refractivity (Wildman–Crippen MR) is 64.3 cm³/mol. The zero-order valence-electron chi connectivity index (χ0n) is 8.87. The summed E-state index contributed by atoms with van der Waals surface area (Å²) in [6.45, 7) is 4.87. The Kier molecular flexibility index (Phi) is 2.57. The Hall–Kier alpha value is -1.22. The van der Waals surface area contributed by atoms with Gasteiger partial charge in [0, 0.05) is 10.9 Å². The molecule has 1 unspecified atom stereocenters. The maximum absolute atomic E-state index is 6.06. The van der Waals surface area contributed by atoms with E-state index in [9.17, 15) is 0 Å². The summed E-state index contributed by atoms with van der Waals surface area (Å²) in [6.07, 6.45) is 0.